The second-order valence-corrected chi connectivity index (χ2v) is 9.18. The first-order chi connectivity index (χ1) is 15.9. The van der Waals surface area contributed by atoms with Crippen LogP contribution in [0.1, 0.15) is 64.9 Å². The van der Waals surface area contributed by atoms with Crippen molar-refractivity contribution in [3.63, 3.8) is 0 Å². The molecule has 1 aromatic carbocycles. The minimum Gasteiger partial charge on any atom is -0.497 e. The van der Waals surface area contributed by atoms with E-state index in [1.54, 1.807) is 7.11 Å². The van der Waals surface area contributed by atoms with E-state index in [9.17, 15) is 14.4 Å². The monoisotopic (exact) mass is 457 g/mol. The number of ether oxygens (including phenoxy) is 1. The van der Waals surface area contributed by atoms with E-state index < -0.39 is 5.41 Å². The third kappa shape index (κ3) is 5.24. The van der Waals surface area contributed by atoms with Gasteiger partial charge in [-0.3, -0.25) is 19.3 Å². The molecule has 1 aliphatic carbocycles. The van der Waals surface area contributed by atoms with Gasteiger partial charge in [-0.05, 0) is 50.6 Å². The predicted octanol–water partition coefficient (Wildman–Crippen LogP) is 3.21. The van der Waals surface area contributed by atoms with E-state index in [0.29, 0.717) is 24.4 Å². The highest BCUT2D eigenvalue weighted by molar-refractivity contribution is 6.11. The number of carbonyl (C=O) groups excluding carboxylic acids is 3. The van der Waals surface area contributed by atoms with Crippen LogP contribution in [-0.4, -0.2) is 78.3 Å². The van der Waals surface area contributed by atoms with Crippen molar-refractivity contribution in [2.24, 2.45) is 0 Å². The number of benzene rings is 1. The van der Waals surface area contributed by atoms with Crippen LogP contribution in [0.2, 0.25) is 0 Å². The molecule has 1 aromatic rings. The highest BCUT2D eigenvalue weighted by Gasteiger charge is 2.56. The van der Waals surface area contributed by atoms with Crippen molar-refractivity contribution in [1.82, 2.24) is 14.7 Å². The van der Waals surface area contributed by atoms with Crippen molar-refractivity contribution < 1.29 is 19.1 Å². The average Bonchev–Trinajstić information content (AvgIpc) is 3.43. The summed E-state index contributed by atoms with van der Waals surface area (Å²) in [6.07, 6.45) is 3.80. The van der Waals surface area contributed by atoms with E-state index in [1.165, 1.54) is 4.90 Å². The van der Waals surface area contributed by atoms with Crippen LogP contribution in [0.3, 0.4) is 0 Å². The molecule has 7 nitrogen and oxygen atoms in total. The molecule has 1 saturated heterocycles. The van der Waals surface area contributed by atoms with Gasteiger partial charge in [0.15, 0.2) is 0 Å². The van der Waals surface area contributed by atoms with Gasteiger partial charge in [-0.1, -0.05) is 38.8 Å². The van der Waals surface area contributed by atoms with E-state index in [-0.39, 0.29) is 36.6 Å². The van der Waals surface area contributed by atoms with E-state index in [0.717, 1.165) is 45.3 Å². The molecule has 2 fully saturated rings. The first kappa shape index (κ1) is 25.2. The molecule has 1 atom stereocenters. The van der Waals surface area contributed by atoms with Gasteiger partial charge in [0.2, 0.25) is 17.7 Å². The number of likely N-dealkylation sites (N-methyl/N-ethyl adjacent to an activating group) is 2. The molecule has 1 aliphatic heterocycles. The average molecular weight is 458 g/mol. The lowest BCUT2D eigenvalue weighted by Crippen LogP contribution is -2.46. The Morgan fingerprint density at radius 3 is 2.39 bits per heavy atom. The number of imide groups is 1. The first-order valence-electron chi connectivity index (χ1n) is 12.4. The Hall–Kier alpha value is -2.41. The van der Waals surface area contributed by atoms with Gasteiger partial charge in [0.1, 0.15) is 5.75 Å². The Morgan fingerprint density at radius 2 is 1.79 bits per heavy atom. The number of rotatable bonds is 11. The third-order valence-corrected chi connectivity index (χ3v) is 7.43. The van der Waals surface area contributed by atoms with Crippen molar-refractivity contribution >= 4 is 17.7 Å². The molecule has 3 rings (SSSR count). The van der Waals surface area contributed by atoms with Crippen LogP contribution in [0.4, 0.5) is 0 Å². The zero-order chi connectivity index (χ0) is 24.0. The Labute approximate surface area is 198 Å². The maximum atomic E-state index is 13.9. The van der Waals surface area contributed by atoms with Gasteiger partial charge in [0, 0.05) is 38.5 Å². The van der Waals surface area contributed by atoms with Gasteiger partial charge in [-0.15, -0.1) is 0 Å². The highest BCUT2D eigenvalue weighted by Crippen LogP contribution is 2.43. The number of carbonyl (C=O) groups is 3. The van der Waals surface area contributed by atoms with Crippen molar-refractivity contribution in [1.29, 1.82) is 0 Å². The number of likely N-dealkylation sites (tertiary alicyclic amines) is 1. The molecule has 2 aliphatic rings. The van der Waals surface area contributed by atoms with E-state index >= 15 is 0 Å². The second kappa shape index (κ2) is 11.1. The lowest BCUT2D eigenvalue weighted by Gasteiger charge is -2.32. The fourth-order valence-electron chi connectivity index (χ4n) is 5.31. The van der Waals surface area contributed by atoms with Crippen LogP contribution in [0, 0.1) is 0 Å². The first-order valence-corrected chi connectivity index (χ1v) is 12.4. The van der Waals surface area contributed by atoms with Gasteiger partial charge in [-0.2, -0.15) is 0 Å². The Kier molecular flexibility index (Phi) is 8.51. The van der Waals surface area contributed by atoms with Crippen molar-refractivity contribution in [2.75, 3.05) is 39.8 Å². The lowest BCUT2D eigenvalue weighted by atomic mass is 9.75. The molecule has 182 valence electrons. The summed E-state index contributed by atoms with van der Waals surface area (Å²) in [6.45, 7) is 10.0. The smallest absolute Gasteiger partial charge is 0.241 e. The van der Waals surface area contributed by atoms with Crippen molar-refractivity contribution in [3.05, 3.63) is 29.8 Å². The van der Waals surface area contributed by atoms with Crippen molar-refractivity contribution in [2.45, 2.75) is 70.8 Å². The van der Waals surface area contributed by atoms with Gasteiger partial charge < -0.3 is 14.5 Å². The SMILES string of the molecule is CCN(CC)CCN(CC)C(=O)C[C@@]1(c2cccc(OC)c2)CC(=O)N(C2CCCC2)C1=O. The lowest BCUT2D eigenvalue weighted by molar-refractivity contribution is -0.144. The quantitative estimate of drug-likeness (QED) is 0.477. The van der Waals surface area contributed by atoms with Gasteiger partial charge in [0.25, 0.3) is 0 Å². The molecule has 1 heterocycles. The summed E-state index contributed by atoms with van der Waals surface area (Å²) in [7, 11) is 1.58. The normalized spacial score (nSPS) is 21.3. The van der Waals surface area contributed by atoms with Crippen LogP contribution in [0.15, 0.2) is 24.3 Å². The molecule has 0 unspecified atom stereocenters. The molecule has 0 spiro atoms. The number of amides is 3. The molecular weight excluding hydrogens is 418 g/mol. The summed E-state index contributed by atoms with van der Waals surface area (Å²) in [5.74, 6) is 0.157. The Balaban J connectivity index is 1.92. The molecule has 7 heteroatoms. The largest absolute Gasteiger partial charge is 0.497 e. The summed E-state index contributed by atoms with van der Waals surface area (Å²) in [6, 6.07) is 7.26. The number of nitrogens with zero attached hydrogens (tertiary/aromatic N) is 3. The summed E-state index contributed by atoms with van der Waals surface area (Å²) in [5.41, 5.74) is -0.484. The van der Waals surface area contributed by atoms with Crippen LogP contribution in [-0.2, 0) is 19.8 Å². The van der Waals surface area contributed by atoms with Gasteiger partial charge in [0.05, 0.1) is 12.5 Å². The number of methoxy groups -OCH3 is 1. The minimum atomic E-state index is -1.17. The molecule has 0 bridgehead atoms. The Bertz CT molecular complexity index is 848. The predicted molar refractivity (Wildman–Crippen MR) is 128 cm³/mol. The summed E-state index contributed by atoms with van der Waals surface area (Å²) < 4.78 is 5.40. The zero-order valence-electron chi connectivity index (χ0n) is 20.6. The van der Waals surface area contributed by atoms with Crippen molar-refractivity contribution in [3.8, 4) is 5.75 Å². The molecule has 1 saturated carbocycles. The minimum absolute atomic E-state index is 0.0000505. The summed E-state index contributed by atoms with van der Waals surface area (Å²) >= 11 is 0. The molecule has 0 aromatic heterocycles. The molecule has 0 N–H and O–H groups in total. The molecular formula is C26H39N3O4. The maximum Gasteiger partial charge on any atom is 0.241 e. The summed E-state index contributed by atoms with van der Waals surface area (Å²) in [4.78, 5) is 46.2. The van der Waals surface area contributed by atoms with Crippen LogP contribution in [0.5, 0.6) is 5.75 Å². The standard InChI is InChI=1S/C26H39N3O4/c1-5-27(6-2)15-16-28(7-3)23(30)18-26(20-11-10-14-22(17-20)33-4)19-24(31)29(25(26)32)21-12-8-9-13-21/h10-11,14,17,21H,5-9,12-13,15-16,18-19H2,1-4H3/t26-/m0/s1. The van der Waals surface area contributed by atoms with E-state index in [1.807, 2.05) is 36.1 Å². The number of hydrogen-bond acceptors (Lipinski definition) is 5. The van der Waals surface area contributed by atoms with E-state index in [2.05, 4.69) is 18.7 Å². The Morgan fingerprint density at radius 1 is 1.09 bits per heavy atom. The van der Waals surface area contributed by atoms with Gasteiger partial charge in [-0.25, -0.2) is 0 Å². The topological polar surface area (TPSA) is 70.2 Å². The van der Waals surface area contributed by atoms with Crippen LogP contribution < -0.4 is 4.74 Å². The second-order valence-electron chi connectivity index (χ2n) is 9.18. The van der Waals surface area contributed by atoms with Crippen LogP contribution >= 0.6 is 0 Å². The van der Waals surface area contributed by atoms with E-state index in [4.69, 9.17) is 4.74 Å². The zero-order valence-corrected chi connectivity index (χ0v) is 20.6. The molecule has 3 amide bonds. The summed E-state index contributed by atoms with van der Waals surface area (Å²) in [5, 5.41) is 0. The third-order valence-electron chi connectivity index (χ3n) is 7.43. The molecule has 33 heavy (non-hydrogen) atoms. The fraction of sp³-hybridized carbons (Fsp3) is 0.654. The number of hydrogen-bond donors (Lipinski definition) is 0. The maximum absolute atomic E-state index is 13.9. The van der Waals surface area contributed by atoms with Gasteiger partial charge >= 0.3 is 0 Å². The highest BCUT2D eigenvalue weighted by atomic mass is 16.5. The van der Waals surface area contributed by atoms with Crippen LogP contribution in [0.25, 0.3) is 0 Å². The molecule has 0 radical (unpaired) electrons. The fourth-order valence-corrected chi connectivity index (χ4v) is 5.31.